The highest BCUT2D eigenvalue weighted by Gasteiger charge is 2.21. The van der Waals surface area contributed by atoms with Gasteiger partial charge in [-0.3, -0.25) is 0 Å². The van der Waals surface area contributed by atoms with Gasteiger partial charge in [-0.15, -0.1) is 5.10 Å². The molecule has 134 valence electrons. The van der Waals surface area contributed by atoms with Crippen molar-refractivity contribution in [2.75, 3.05) is 13.7 Å². The Hall–Kier alpha value is -2.67. The van der Waals surface area contributed by atoms with Crippen molar-refractivity contribution in [3.63, 3.8) is 0 Å². The number of methoxy groups -OCH3 is 1. The molecule has 0 radical (unpaired) electrons. The van der Waals surface area contributed by atoms with E-state index in [1.807, 2.05) is 48.5 Å². The fraction of sp³-hybridized carbons (Fsp3) is 0.211. The third-order valence-corrected chi connectivity index (χ3v) is 4.20. The average Bonchev–Trinajstić information content (AvgIpc) is 3.06. The molecule has 0 aliphatic carbocycles. The molecule has 2 aromatic carbocycles. The van der Waals surface area contributed by atoms with E-state index in [4.69, 9.17) is 9.47 Å². The summed E-state index contributed by atoms with van der Waals surface area (Å²) in [6.07, 6.45) is 0. The van der Waals surface area contributed by atoms with Gasteiger partial charge in [-0.25, -0.2) is 4.79 Å². The van der Waals surface area contributed by atoms with Crippen molar-refractivity contribution in [3.8, 4) is 17.0 Å². The van der Waals surface area contributed by atoms with Gasteiger partial charge in [0.05, 0.1) is 20.3 Å². The second kappa shape index (κ2) is 8.14. The minimum absolute atomic E-state index is 0.207. The molecule has 0 aliphatic heterocycles. The fourth-order valence-electron chi connectivity index (χ4n) is 2.48. The predicted octanol–water partition coefficient (Wildman–Crippen LogP) is 3.94. The summed E-state index contributed by atoms with van der Waals surface area (Å²) in [5.41, 5.74) is 2.50. The van der Waals surface area contributed by atoms with Crippen molar-refractivity contribution in [1.82, 2.24) is 15.0 Å². The molecule has 1 heterocycles. The Kier molecular flexibility index (Phi) is 5.68. The van der Waals surface area contributed by atoms with Crippen LogP contribution in [0.5, 0.6) is 5.75 Å². The van der Waals surface area contributed by atoms with Crippen LogP contribution in [0.15, 0.2) is 53.0 Å². The molecule has 0 amide bonds. The van der Waals surface area contributed by atoms with Gasteiger partial charge in [-0.1, -0.05) is 40.2 Å². The van der Waals surface area contributed by atoms with Crippen LogP contribution in [0.2, 0.25) is 0 Å². The molecular weight excluding hydrogens is 398 g/mol. The lowest BCUT2D eigenvalue weighted by Crippen LogP contribution is -2.09. The van der Waals surface area contributed by atoms with E-state index in [0.717, 1.165) is 21.3 Å². The van der Waals surface area contributed by atoms with Crippen LogP contribution < -0.4 is 4.74 Å². The zero-order valence-electron chi connectivity index (χ0n) is 14.5. The largest absolute Gasteiger partial charge is 0.497 e. The molecule has 26 heavy (non-hydrogen) atoms. The molecule has 0 fully saturated rings. The van der Waals surface area contributed by atoms with Crippen molar-refractivity contribution >= 4 is 21.9 Å². The van der Waals surface area contributed by atoms with Crippen molar-refractivity contribution < 1.29 is 14.3 Å². The van der Waals surface area contributed by atoms with Gasteiger partial charge in [0, 0.05) is 10.0 Å². The maximum atomic E-state index is 12.3. The molecule has 0 atom stereocenters. The summed E-state index contributed by atoms with van der Waals surface area (Å²) in [7, 11) is 1.62. The van der Waals surface area contributed by atoms with Gasteiger partial charge < -0.3 is 9.47 Å². The van der Waals surface area contributed by atoms with Crippen LogP contribution in [0.1, 0.15) is 23.0 Å². The normalized spacial score (nSPS) is 10.6. The van der Waals surface area contributed by atoms with Gasteiger partial charge in [-0.05, 0) is 36.8 Å². The summed E-state index contributed by atoms with van der Waals surface area (Å²) in [5.74, 6) is 0.299. The van der Waals surface area contributed by atoms with E-state index >= 15 is 0 Å². The number of hydrogen-bond acceptors (Lipinski definition) is 5. The fourth-order valence-corrected chi connectivity index (χ4v) is 2.88. The molecule has 3 aromatic rings. The summed E-state index contributed by atoms with van der Waals surface area (Å²) in [6.45, 7) is 2.48. The third kappa shape index (κ3) is 4.11. The second-order valence-electron chi connectivity index (χ2n) is 5.51. The summed E-state index contributed by atoms with van der Waals surface area (Å²) in [6, 6.07) is 15.2. The number of ether oxygens (including phenoxy) is 2. The Balaban J connectivity index is 1.96. The Morgan fingerprint density at radius 2 is 1.92 bits per heavy atom. The van der Waals surface area contributed by atoms with Crippen LogP contribution in [0.4, 0.5) is 0 Å². The molecule has 0 unspecified atom stereocenters. The lowest BCUT2D eigenvalue weighted by molar-refractivity contribution is 0.0519. The summed E-state index contributed by atoms with van der Waals surface area (Å²) >= 11 is 3.44. The van der Waals surface area contributed by atoms with Gasteiger partial charge in [0.15, 0.2) is 5.69 Å². The van der Waals surface area contributed by atoms with E-state index in [0.29, 0.717) is 12.2 Å². The van der Waals surface area contributed by atoms with E-state index in [1.165, 1.54) is 4.80 Å². The molecule has 7 heteroatoms. The molecule has 0 aliphatic rings. The monoisotopic (exact) mass is 415 g/mol. The van der Waals surface area contributed by atoms with Gasteiger partial charge in [0.25, 0.3) is 0 Å². The van der Waals surface area contributed by atoms with Gasteiger partial charge in [0.1, 0.15) is 11.4 Å². The van der Waals surface area contributed by atoms with Crippen molar-refractivity contribution in [3.05, 3.63) is 64.3 Å². The SMILES string of the molecule is CCOC(=O)c1nn(Cc2ccc(OC)cc2)nc1-c1cccc(Br)c1. The Morgan fingerprint density at radius 1 is 1.15 bits per heavy atom. The minimum atomic E-state index is -0.483. The Morgan fingerprint density at radius 3 is 2.58 bits per heavy atom. The maximum Gasteiger partial charge on any atom is 0.361 e. The summed E-state index contributed by atoms with van der Waals surface area (Å²) in [4.78, 5) is 13.8. The van der Waals surface area contributed by atoms with Crippen LogP contribution in [0, 0.1) is 0 Å². The Labute approximate surface area is 159 Å². The number of esters is 1. The van der Waals surface area contributed by atoms with E-state index in [1.54, 1.807) is 14.0 Å². The first-order valence-corrected chi connectivity index (χ1v) is 8.91. The zero-order valence-corrected chi connectivity index (χ0v) is 16.1. The molecular formula is C19H18BrN3O3. The number of aromatic nitrogens is 3. The smallest absolute Gasteiger partial charge is 0.361 e. The predicted molar refractivity (Wildman–Crippen MR) is 101 cm³/mol. The molecule has 3 rings (SSSR count). The molecule has 0 saturated carbocycles. The van der Waals surface area contributed by atoms with E-state index in [2.05, 4.69) is 26.1 Å². The highest BCUT2D eigenvalue weighted by atomic mass is 79.9. The highest BCUT2D eigenvalue weighted by Crippen LogP contribution is 2.24. The van der Waals surface area contributed by atoms with Crippen molar-refractivity contribution in [2.45, 2.75) is 13.5 Å². The lowest BCUT2D eigenvalue weighted by atomic mass is 10.1. The van der Waals surface area contributed by atoms with Gasteiger partial charge >= 0.3 is 5.97 Å². The third-order valence-electron chi connectivity index (χ3n) is 3.71. The topological polar surface area (TPSA) is 66.2 Å². The van der Waals surface area contributed by atoms with Crippen molar-refractivity contribution in [1.29, 1.82) is 0 Å². The molecule has 1 aromatic heterocycles. The van der Waals surface area contributed by atoms with E-state index in [9.17, 15) is 4.79 Å². The van der Waals surface area contributed by atoms with Crippen molar-refractivity contribution in [2.24, 2.45) is 0 Å². The second-order valence-corrected chi connectivity index (χ2v) is 6.42. The maximum absolute atomic E-state index is 12.3. The van der Waals surface area contributed by atoms with E-state index < -0.39 is 5.97 Å². The summed E-state index contributed by atoms with van der Waals surface area (Å²) < 4.78 is 11.2. The molecule has 0 saturated heterocycles. The number of nitrogens with zero attached hydrogens (tertiary/aromatic N) is 3. The van der Waals surface area contributed by atoms with Crippen LogP contribution >= 0.6 is 15.9 Å². The first kappa shape index (κ1) is 18.1. The van der Waals surface area contributed by atoms with Crippen LogP contribution in [0.25, 0.3) is 11.3 Å². The number of hydrogen-bond donors (Lipinski definition) is 0. The van der Waals surface area contributed by atoms with Gasteiger partial charge in [0.2, 0.25) is 0 Å². The quantitative estimate of drug-likeness (QED) is 0.570. The minimum Gasteiger partial charge on any atom is -0.497 e. The number of carbonyl (C=O) groups excluding carboxylic acids is 1. The van der Waals surface area contributed by atoms with Gasteiger partial charge in [-0.2, -0.15) is 9.90 Å². The number of carbonyl (C=O) groups is 1. The number of halogens is 1. The highest BCUT2D eigenvalue weighted by molar-refractivity contribution is 9.10. The first-order chi connectivity index (χ1) is 12.6. The number of benzene rings is 2. The van der Waals surface area contributed by atoms with Crippen LogP contribution in [-0.2, 0) is 11.3 Å². The number of rotatable bonds is 6. The summed E-state index contributed by atoms with van der Waals surface area (Å²) in [5, 5.41) is 8.87. The van der Waals surface area contributed by atoms with Crippen LogP contribution in [0.3, 0.4) is 0 Å². The molecule has 0 bridgehead atoms. The molecule has 0 N–H and O–H groups in total. The Bertz CT molecular complexity index is 907. The zero-order chi connectivity index (χ0) is 18.5. The molecule has 0 spiro atoms. The lowest BCUT2D eigenvalue weighted by Gasteiger charge is -2.02. The first-order valence-electron chi connectivity index (χ1n) is 8.12. The average molecular weight is 416 g/mol. The van der Waals surface area contributed by atoms with Crippen LogP contribution in [-0.4, -0.2) is 34.7 Å². The molecule has 6 nitrogen and oxygen atoms in total. The van der Waals surface area contributed by atoms with E-state index in [-0.39, 0.29) is 12.3 Å². The standard InChI is InChI=1S/C19H18BrN3O3/c1-3-26-19(24)18-17(14-5-4-6-15(20)11-14)21-23(22-18)12-13-7-9-16(25-2)10-8-13/h4-11H,3,12H2,1-2H3.